The first-order chi connectivity index (χ1) is 10.9. The average Bonchev–Trinajstić information content (AvgIpc) is 2.50. The molecule has 0 amide bonds. The fourth-order valence-electron chi connectivity index (χ4n) is 1.61. The molecule has 0 saturated carbocycles. The molecule has 0 rings (SSSR count). The van der Waals surface area contributed by atoms with Crippen LogP contribution in [0.2, 0.25) is 0 Å². The van der Waals surface area contributed by atoms with Crippen LogP contribution in [-0.2, 0) is 18.9 Å². The van der Waals surface area contributed by atoms with Crippen LogP contribution in [0.1, 0.15) is 34.6 Å². The lowest BCUT2D eigenvalue weighted by molar-refractivity contribution is -0.0475. The Balaban J connectivity index is 3.19. The summed E-state index contributed by atoms with van der Waals surface area (Å²) in [5.74, 6) is 0.633. The van der Waals surface area contributed by atoms with Crippen LogP contribution < -0.4 is 5.32 Å². The van der Waals surface area contributed by atoms with Crippen molar-refractivity contribution < 1.29 is 24.1 Å². The summed E-state index contributed by atoms with van der Waals surface area (Å²) in [5.41, 5.74) is 0. The number of aliphatic hydroxyl groups is 1. The number of ether oxygens (including phenoxy) is 4. The van der Waals surface area contributed by atoms with E-state index in [1.54, 1.807) is 0 Å². The molecule has 0 aromatic heterocycles. The van der Waals surface area contributed by atoms with E-state index in [4.69, 9.17) is 18.9 Å². The van der Waals surface area contributed by atoms with Gasteiger partial charge in [-0.15, -0.1) is 0 Å². The molecule has 0 bridgehead atoms. The van der Waals surface area contributed by atoms with E-state index in [1.807, 2.05) is 13.8 Å². The molecule has 6 heteroatoms. The van der Waals surface area contributed by atoms with Gasteiger partial charge in [0.1, 0.15) is 6.10 Å². The van der Waals surface area contributed by atoms with Gasteiger partial charge < -0.3 is 29.4 Å². The predicted molar refractivity (Wildman–Crippen MR) is 91.9 cm³/mol. The van der Waals surface area contributed by atoms with Gasteiger partial charge in [0.25, 0.3) is 0 Å². The van der Waals surface area contributed by atoms with E-state index in [-0.39, 0.29) is 12.7 Å². The summed E-state index contributed by atoms with van der Waals surface area (Å²) in [7, 11) is 0. The fourth-order valence-corrected chi connectivity index (χ4v) is 1.61. The summed E-state index contributed by atoms with van der Waals surface area (Å²) in [6.07, 6.45) is -0.460. The lowest BCUT2D eigenvalue weighted by Crippen LogP contribution is -2.33. The molecule has 0 aromatic carbocycles. The second kappa shape index (κ2) is 15.3. The molecule has 0 aliphatic heterocycles. The Morgan fingerprint density at radius 2 is 1.35 bits per heavy atom. The van der Waals surface area contributed by atoms with Gasteiger partial charge in [-0.3, -0.25) is 0 Å². The molecule has 0 aliphatic rings. The van der Waals surface area contributed by atoms with Crippen LogP contribution in [0.3, 0.4) is 0 Å². The van der Waals surface area contributed by atoms with Gasteiger partial charge in [0.15, 0.2) is 0 Å². The van der Waals surface area contributed by atoms with Crippen LogP contribution in [-0.4, -0.2) is 76.1 Å². The van der Waals surface area contributed by atoms with E-state index in [0.717, 1.165) is 6.54 Å². The minimum atomic E-state index is -0.582. The molecule has 0 aromatic rings. The largest absolute Gasteiger partial charge is 0.388 e. The highest BCUT2D eigenvalue weighted by Gasteiger charge is 2.06. The smallest absolute Gasteiger partial charge is 0.101 e. The quantitative estimate of drug-likeness (QED) is 0.416. The first-order valence-corrected chi connectivity index (χ1v) is 8.69. The maximum absolute atomic E-state index is 9.58. The van der Waals surface area contributed by atoms with Crippen molar-refractivity contribution in [2.24, 2.45) is 5.92 Å². The van der Waals surface area contributed by atoms with Crippen molar-refractivity contribution in [3.05, 3.63) is 0 Å². The summed E-state index contributed by atoms with van der Waals surface area (Å²) in [5, 5.41) is 13.0. The molecule has 140 valence electrons. The lowest BCUT2D eigenvalue weighted by atomic mass is 10.1. The molecule has 0 saturated heterocycles. The average molecular weight is 335 g/mol. The molecule has 6 nitrogen and oxygen atoms in total. The Kier molecular flexibility index (Phi) is 15.1. The fraction of sp³-hybridized carbons (Fsp3) is 1.00. The summed E-state index contributed by atoms with van der Waals surface area (Å²) in [6.45, 7) is 14.7. The second-order valence-corrected chi connectivity index (χ2v) is 6.32. The monoisotopic (exact) mass is 335 g/mol. The SMILES string of the molecule is CC(C)OCC(O)COCCOCCOCCN[C@H](C)C(C)C. The van der Waals surface area contributed by atoms with Crippen molar-refractivity contribution in [1.29, 1.82) is 0 Å². The van der Waals surface area contributed by atoms with Crippen LogP contribution in [0.5, 0.6) is 0 Å². The molecule has 2 atom stereocenters. The minimum Gasteiger partial charge on any atom is -0.388 e. The second-order valence-electron chi connectivity index (χ2n) is 6.32. The van der Waals surface area contributed by atoms with Gasteiger partial charge in [0, 0.05) is 12.6 Å². The zero-order valence-corrected chi connectivity index (χ0v) is 15.5. The lowest BCUT2D eigenvalue weighted by Gasteiger charge is -2.17. The molecule has 0 radical (unpaired) electrons. The number of hydrogen-bond acceptors (Lipinski definition) is 6. The van der Waals surface area contributed by atoms with Gasteiger partial charge in [0.2, 0.25) is 0 Å². The summed E-state index contributed by atoms with van der Waals surface area (Å²) in [6, 6.07) is 0.508. The Morgan fingerprint density at radius 3 is 1.91 bits per heavy atom. The van der Waals surface area contributed by atoms with E-state index in [2.05, 4.69) is 26.1 Å². The van der Waals surface area contributed by atoms with E-state index in [1.165, 1.54) is 0 Å². The van der Waals surface area contributed by atoms with Crippen molar-refractivity contribution in [2.75, 3.05) is 52.8 Å². The molecule has 2 N–H and O–H groups in total. The maximum Gasteiger partial charge on any atom is 0.101 e. The molecule has 0 spiro atoms. The third kappa shape index (κ3) is 16.4. The molecular weight excluding hydrogens is 298 g/mol. The topological polar surface area (TPSA) is 69.2 Å². The van der Waals surface area contributed by atoms with Gasteiger partial charge >= 0.3 is 0 Å². The molecule has 23 heavy (non-hydrogen) atoms. The van der Waals surface area contributed by atoms with Crippen molar-refractivity contribution in [3.8, 4) is 0 Å². The molecular formula is C17H37NO5. The van der Waals surface area contributed by atoms with Crippen LogP contribution in [0.25, 0.3) is 0 Å². The summed E-state index contributed by atoms with van der Waals surface area (Å²) < 4.78 is 21.5. The number of hydrogen-bond donors (Lipinski definition) is 2. The third-order valence-electron chi connectivity index (χ3n) is 3.39. The highest BCUT2D eigenvalue weighted by Crippen LogP contribution is 1.98. The maximum atomic E-state index is 9.58. The van der Waals surface area contributed by atoms with Gasteiger partial charge in [-0.1, -0.05) is 13.8 Å². The van der Waals surface area contributed by atoms with Gasteiger partial charge in [-0.25, -0.2) is 0 Å². The predicted octanol–water partition coefficient (Wildman–Crippen LogP) is 1.46. The van der Waals surface area contributed by atoms with Crippen LogP contribution in [0, 0.1) is 5.92 Å². The minimum absolute atomic E-state index is 0.122. The molecule has 1 unspecified atom stereocenters. The first-order valence-electron chi connectivity index (χ1n) is 8.69. The zero-order chi connectivity index (χ0) is 17.5. The summed E-state index contributed by atoms with van der Waals surface area (Å²) in [4.78, 5) is 0. The van der Waals surface area contributed by atoms with Crippen molar-refractivity contribution in [3.63, 3.8) is 0 Å². The van der Waals surface area contributed by atoms with Gasteiger partial charge in [-0.2, -0.15) is 0 Å². The first kappa shape index (κ1) is 22.8. The Hall–Kier alpha value is -0.240. The van der Waals surface area contributed by atoms with Crippen LogP contribution in [0.15, 0.2) is 0 Å². The van der Waals surface area contributed by atoms with E-state index in [0.29, 0.717) is 51.6 Å². The highest BCUT2D eigenvalue weighted by molar-refractivity contribution is 4.63. The van der Waals surface area contributed by atoms with E-state index >= 15 is 0 Å². The number of nitrogens with one attached hydrogen (secondary N) is 1. The zero-order valence-electron chi connectivity index (χ0n) is 15.5. The standard InChI is InChI=1S/C17H37NO5/c1-14(2)16(5)18-6-7-20-8-9-21-10-11-22-12-17(19)13-23-15(3)4/h14-19H,6-13H2,1-5H3/t16-,17?/m1/s1. The summed E-state index contributed by atoms with van der Waals surface area (Å²) >= 11 is 0. The van der Waals surface area contributed by atoms with E-state index < -0.39 is 6.10 Å². The Morgan fingerprint density at radius 1 is 0.783 bits per heavy atom. The van der Waals surface area contributed by atoms with Crippen LogP contribution >= 0.6 is 0 Å². The van der Waals surface area contributed by atoms with Crippen molar-refractivity contribution in [1.82, 2.24) is 5.32 Å². The van der Waals surface area contributed by atoms with Gasteiger partial charge in [-0.05, 0) is 26.7 Å². The Labute approximate surface area is 141 Å². The number of aliphatic hydroxyl groups excluding tert-OH is 1. The van der Waals surface area contributed by atoms with Crippen LogP contribution in [0.4, 0.5) is 0 Å². The molecule has 0 fully saturated rings. The van der Waals surface area contributed by atoms with Gasteiger partial charge in [0.05, 0.1) is 52.4 Å². The van der Waals surface area contributed by atoms with E-state index in [9.17, 15) is 5.11 Å². The molecule has 0 heterocycles. The van der Waals surface area contributed by atoms with Crippen molar-refractivity contribution in [2.45, 2.75) is 52.9 Å². The Bertz CT molecular complexity index is 251. The number of rotatable bonds is 16. The third-order valence-corrected chi connectivity index (χ3v) is 3.39. The molecule has 0 aliphatic carbocycles. The van der Waals surface area contributed by atoms with Crippen molar-refractivity contribution >= 4 is 0 Å². The highest BCUT2D eigenvalue weighted by atomic mass is 16.5. The normalized spacial score (nSPS) is 14.6.